The van der Waals surface area contributed by atoms with Crippen LogP contribution < -0.4 is 21.5 Å². The molecule has 1 unspecified atom stereocenters. The number of anilines is 2. The minimum atomic E-state index is -0.947. The number of nitrogens with zero attached hydrogens (tertiary/aromatic N) is 2. The predicted octanol–water partition coefficient (Wildman–Crippen LogP) is 1.91. The number of aromatic nitrogens is 2. The summed E-state index contributed by atoms with van der Waals surface area (Å²) in [5.74, 6) is -0.611. The zero-order chi connectivity index (χ0) is 26.9. The van der Waals surface area contributed by atoms with Crippen molar-refractivity contribution < 1.29 is 23.9 Å². The van der Waals surface area contributed by atoms with Crippen molar-refractivity contribution in [1.29, 1.82) is 0 Å². The molecule has 1 aromatic carbocycles. The van der Waals surface area contributed by atoms with E-state index >= 15 is 0 Å². The van der Waals surface area contributed by atoms with Gasteiger partial charge in [0.2, 0.25) is 5.95 Å². The van der Waals surface area contributed by atoms with Crippen LogP contribution in [-0.4, -0.2) is 60.7 Å². The van der Waals surface area contributed by atoms with Crippen LogP contribution in [0.5, 0.6) is 0 Å². The molecule has 11 nitrogen and oxygen atoms in total. The standard InChI is InChI=1S/C26H35N5O6/c1-4-36-20(32)14-13-19(25(35)37-5-2)28-23(33)17-11-9-16(10-12-17)7-6-8-18-15-31(3)22-21(18)24(34)30-26(27)29-22/h9-12,18-19H,4-8,13-15H2,1-3H3,(H,28,33)(H3,27,29,30,34)/t18?,19-/m0/s1. The second-order valence-corrected chi connectivity index (χ2v) is 8.98. The minimum absolute atomic E-state index is 0.00683. The molecule has 3 rings (SSSR count). The molecule has 0 saturated carbocycles. The van der Waals surface area contributed by atoms with Crippen molar-refractivity contribution in [2.75, 3.05) is 37.4 Å². The first-order chi connectivity index (χ1) is 17.7. The number of ether oxygens (including phenoxy) is 2. The molecule has 2 heterocycles. The summed E-state index contributed by atoms with van der Waals surface area (Å²) in [6, 6.07) is 6.20. The van der Waals surface area contributed by atoms with Crippen LogP contribution in [0.15, 0.2) is 29.1 Å². The molecule has 0 saturated heterocycles. The van der Waals surface area contributed by atoms with E-state index in [4.69, 9.17) is 15.2 Å². The van der Waals surface area contributed by atoms with E-state index in [0.717, 1.165) is 24.8 Å². The molecular formula is C26H35N5O6. The van der Waals surface area contributed by atoms with Crippen molar-refractivity contribution in [2.45, 2.75) is 57.9 Å². The number of hydrogen-bond acceptors (Lipinski definition) is 9. The lowest BCUT2D eigenvalue weighted by Crippen LogP contribution is -2.42. The fourth-order valence-corrected chi connectivity index (χ4v) is 4.49. The number of rotatable bonds is 12. The molecule has 0 bridgehead atoms. The van der Waals surface area contributed by atoms with Crippen molar-refractivity contribution in [3.63, 3.8) is 0 Å². The first kappa shape index (κ1) is 27.7. The normalized spacial score (nSPS) is 15.1. The van der Waals surface area contributed by atoms with E-state index < -0.39 is 23.9 Å². The number of nitrogen functional groups attached to an aromatic ring is 1. The maximum atomic E-state index is 12.7. The van der Waals surface area contributed by atoms with Gasteiger partial charge < -0.3 is 25.4 Å². The number of esters is 2. The van der Waals surface area contributed by atoms with Crippen molar-refractivity contribution in [3.05, 3.63) is 51.3 Å². The summed E-state index contributed by atoms with van der Waals surface area (Å²) in [6.07, 6.45) is 2.53. The predicted molar refractivity (Wildman–Crippen MR) is 138 cm³/mol. The quantitative estimate of drug-likeness (QED) is 0.361. The minimum Gasteiger partial charge on any atom is -0.466 e. The number of fused-ring (bicyclic) bond motifs is 1. The van der Waals surface area contributed by atoms with Crippen LogP contribution in [-0.2, 0) is 25.5 Å². The smallest absolute Gasteiger partial charge is 0.328 e. The lowest BCUT2D eigenvalue weighted by atomic mass is 9.95. The Morgan fingerprint density at radius 1 is 1.19 bits per heavy atom. The molecule has 0 spiro atoms. The highest BCUT2D eigenvalue weighted by Crippen LogP contribution is 2.34. The zero-order valence-corrected chi connectivity index (χ0v) is 21.5. The van der Waals surface area contributed by atoms with Gasteiger partial charge in [0.05, 0.1) is 18.8 Å². The van der Waals surface area contributed by atoms with Crippen LogP contribution in [0.3, 0.4) is 0 Å². The average molecular weight is 514 g/mol. The van der Waals surface area contributed by atoms with Crippen molar-refractivity contribution in [2.24, 2.45) is 0 Å². The number of carbonyl (C=O) groups excluding carboxylic acids is 3. The molecule has 1 aliphatic heterocycles. The molecule has 2 atom stereocenters. The number of nitrogens with one attached hydrogen (secondary N) is 2. The summed E-state index contributed by atoms with van der Waals surface area (Å²) in [5, 5.41) is 2.66. The van der Waals surface area contributed by atoms with Crippen molar-refractivity contribution >= 4 is 29.6 Å². The second-order valence-electron chi connectivity index (χ2n) is 8.98. The molecule has 0 aliphatic carbocycles. The van der Waals surface area contributed by atoms with Gasteiger partial charge in [0.25, 0.3) is 11.5 Å². The number of H-pyrrole nitrogens is 1. The van der Waals surface area contributed by atoms with Gasteiger partial charge in [-0.2, -0.15) is 4.98 Å². The Morgan fingerprint density at radius 2 is 1.89 bits per heavy atom. The summed E-state index contributed by atoms with van der Waals surface area (Å²) < 4.78 is 9.94. The molecule has 200 valence electrons. The SMILES string of the molecule is CCOC(=O)CC[C@H](NC(=O)c1ccc(CCCC2CN(C)c3nc(N)[nH]c(=O)c32)cc1)C(=O)OCC. The van der Waals surface area contributed by atoms with E-state index in [-0.39, 0.29) is 43.5 Å². The third-order valence-electron chi connectivity index (χ3n) is 6.27. The van der Waals surface area contributed by atoms with Crippen LogP contribution in [0.2, 0.25) is 0 Å². The molecule has 4 N–H and O–H groups in total. The van der Waals surface area contributed by atoms with Gasteiger partial charge in [-0.1, -0.05) is 12.1 Å². The Morgan fingerprint density at radius 3 is 2.57 bits per heavy atom. The molecule has 1 aromatic heterocycles. The Labute approximate surface area is 215 Å². The van der Waals surface area contributed by atoms with Crippen LogP contribution in [0.4, 0.5) is 11.8 Å². The van der Waals surface area contributed by atoms with Gasteiger partial charge in [0.15, 0.2) is 0 Å². The Kier molecular flexibility index (Phi) is 9.64. The maximum absolute atomic E-state index is 12.7. The van der Waals surface area contributed by atoms with E-state index in [1.54, 1.807) is 26.0 Å². The van der Waals surface area contributed by atoms with E-state index in [0.29, 0.717) is 23.5 Å². The molecule has 0 radical (unpaired) electrons. The fraction of sp³-hybridized carbons (Fsp3) is 0.500. The van der Waals surface area contributed by atoms with Crippen LogP contribution in [0.25, 0.3) is 0 Å². The summed E-state index contributed by atoms with van der Waals surface area (Å²) in [4.78, 5) is 57.9. The highest BCUT2D eigenvalue weighted by Gasteiger charge is 2.30. The zero-order valence-electron chi connectivity index (χ0n) is 21.5. The Hall–Kier alpha value is -3.89. The topological polar surface area (TPSA) is 157 Å². The van der Waals surface area contributed by atoms with E-state index in [1.165, 1.54) is 0 Å². The summed E-state index contributed by atoms with van der Waals surface area (Å²) in [5.41, 5.74) is 7.63. The highest BCUT2D eigenvalue weighted by molar-refractivity contribution is 5.96. The third-order valence-corrected chi connectivity index (χ3v) is 6.27. The fourth-order valence-electron chi connectivity index (χ4n) is 4.49. The van der Waals surface area contributed by atoms with Crippen LogP contribution in [0.1, 0.15) is 66.9 Å². The van der Waals surface area contributed by atoms with Gasteiger partial charge in [-0.3, -0.25) is 19.4 Å². The Balaban J connectivity index is 1.55. The lowest BCUT2D eigenvalue weighted by molar-refractivity contribution is -0.146. The largest absolute Gasteiger partial charge is 0.466 e. The number of benzene rings is 1. The number of amides is 1. The molecule has 1 aliphatic rings. The number of aromatic amines is 1. The van der Waals surface area contributed by atoms with Gasteiger partial charge in [0.1, 0.15) is 11.9 Å². The average Bonchev–Trinajstić information content (AvgIpc) is 3.17. The number of hydrogen-bond donors (Lipinski definition) is 3. The molecule has 1 amide bonds. The summed E-state index contributed by atoms with van der Waals surface area (Å²) >= 11 is 0. The molecule has 11 heteroatoms. The first-order valence-corrected chi connectivity index (χ1v) is 12.6. The van der Waals surface area contributed by atoms with Crippen molar-refractivity contribution in [3.8, 4) is 0 Å². The Bertz CT molecular complexity index is 1160. The summed E-state index contributed by atoms with van der Waals surface area (Å²) in [6.45, 7) is 4.51. The van der Waals surface area contributed by atoms with Gasteiger partial charge in [-0.05, 0) is 57.2 Å². The number of nitrogens with two attached hydrogens (primary N) is 1. The molecule has 0 fully saturated rings. The molecular weight excluding hydrogens is 478 g/mol. The van der Waals surface area contributed by atoms with Gasteiger partial charge in [0, 0.05) is 31.5 Å². The first-order valence-electron chi connectivity index (χ1n) is 12.6. The lowest BCUT2D eigenvalue weighted by Gasteiger charge is -2.17. The van der Waals surface area contributed by atoms with E-state index in [1.807, 2.05) is 24.1 Å². The highest BCUT2D eigenvalue weighted by atomic mass is 16.5. The third kappa shape index (κ3) is 7.31. The monoisotopic (exact) mass is 513 g/mol. The number of carbonyl (C=O) groups is 3. The van der Waals surface area contributed by atoms with Crippen LogP contribution >= 0.6 is 0 Å². The second kappa shape index (κ2) is 12.9. The van der Waals surface area contributed by atoms with Crippen molar-refractivity contribution in [1.82, 2.24) is 15.3 Å². The van der Waals surface area contributed by atoms with Gasteiger partial charge in [-0.15, -0.1) is 0 Å². The van der Waals surface area contributed by atoms with Crippen LogP contribution in [0, 0.1) is 0 Å². The molecule has 2 aromatic rings. The number of aryl methyl sites for hydroxylation is 1. The van der Waals surface area contributed by atoms with Gasteiger partial charge >= 0.3 is 11.9 Å². The van der Waals surface area contributed by atoms with E-state index in [9.17, 15) is 19.2 Å². The molecule has 37 heavy (non-hydrogen) atoms. The number of likely N-dealkylation sites (N-methyl/N-ethyl adjacent to an activating group) is 1. The van der Waals surface area contributed by atoms with Gasteiger partial charge in [-0.25, -0.2) is 4.79 Å². The summed E-state index contributed by atoms with van der Waals surface area (Å²) in [7, 11) is 1.90. The van der Waals surface area contributed by atoms with E-state index in [2.05, 4.69) is 15.3 Å². The maximum Gasteiger partial charge on any atom is 0.328 e.